The molecule has 10 heteroatoms. The molecule has 0 saturated carbocycles. The minimum atomic E-state index is -4.27. The molecule has 4 aromatic rings. The average molecular weight is 558 g/mol. The van der Waals surface area contributed by atoms with Gasteiger partial charge in [-0.2, -0.15) is 5.26 Å². The van der Waals surface area contributed by atoms with Crippen LogP contribution < -0.4 is 9.62 Å². The maximum atomic E-state index is 14.1. The summed E-state index contributed by atoms with van der Waals surface area (Å²) >= 11 is 0. The monoisotopic (exact) mass is 557 g/mol. The van der Waals surface area contributed by atoms with Gasteiger partial charge in [-0.05, 0) is 60.7 Å². The van der Waals surface area contributed by atoms with E-state index >= 15 is 0 Å². The Kier molecular flexibility index (Phi) is 8.36. The molecule has 204 valence electrons. The maximum absolute atomic E-state index is 14.1. The summed E-state index contributed by atoms with van der Waals surface area (Å²) in [7, 11) is -4.27. The van der Waals surface area contributed by atoms with Gasteiger partial charge in [-0.1, -0.05) is 54.6 Å². The smallest absolute Gasteiger partial charge is 0.330 e. The number of sulfonamides is 1. The van der Waals surface area contributed by atoms with E-state index in [4.69, 9.17) is 10.00 Å². The van der Waals surface area contributed by atoms with Gasteiger partial charge in [0.15, 0.2) is 6.04 Å². The molecule has 0 spiro atoms. The van der Waals surface area contributed by atoms with Gasteiger partial charge in [0.2, 0.25) is 0 Å². The standard InChI is InChI=1S/C30H27N3O6S/c1-3-39-28(34)19-33(40(37,38)27-10-6-8-22-7-4-5-9-25(22)27)24-16-11-20(2)26(17-24)32-29(30(35)36)23-14-12-21(18-31)13-15-23/h4-17,29,32H,3,19H2,1-2H3,(H,35,36). The largest absolute Gasteiger partial charge is 0.479 e. The molecule has 1 atom stereocenters. The first-order valence-corrected chi connectivity index (χ1v) is 13.9. The second-order valence-corrected chi connectivity index (χ2v) is 10.8. The minimum Gasteiger partial charge on any atom is -0.479 e. The predicted octanol–water partition coefficient (Wildman–Crippen LogP) is 5.02. The number of carboxylic acid groups (broad SMARTS) is 1. The van der Waals surface area contributed by atoms with Crippen LogP contribution in [0.1, 0.15) is 29.7 Å². The first kappa shape index (κ1) is 28.1. The van der Waals surface area contributed by atoms with E-state index in [9.17, 15) is 23.1 Å². The van der Waals surface area contributed by atoms with Gasteiger partial charge in [0.1, 0.15) is 6.54 Å². The summed E-state index contributed by atoms with van der Waals surface area (Å²) in [6.07, 6.45) is 0. The van der Waals surface area contributed by atoms with E-state index in [-0.39, 0.29) is 17.2 Å². The van der Waals surface area contributed by atoms with E-state index in [0.29, 0.717) is 27.8 Å². The van der Waals surface area contributed by atoms with Crippen LogP contribution in [0.25, 0.3) is 10.8 Å². The van der Waals surface area contributed by atoms with Crippen LogP contribution in [0.3, 0.4) is 0 Å². The molecule has 0 aliphatic heterocycles. The van der Waals surface area contributed by atoms with Crippen molar-refractivity contribution in [1.82, 2.24) is 0 Å². The molecule has 4 aromatic carbocycles. The molecule has 0 saturated heterocycles. The van der Waals surface area contributed by atoms with Gasteiger partial charge in [0, 0.05) is 11.1 Å². The summed E-state index contributed by atoms with van der Waals surface area (Å²) in [6, 6.07) is 23.6. The highest BCUT2D eigenvalue weighted by atomic mass is 32.2. The summed E-state index contributed by atoms with van der Waals surface area (Å²) in [5.74, 6) is -1.90. The highest BCUT2D eigenvalue weighted by Crippen LogP contribution is 2.33. The topological polar surface area (TPSA) is 137 Å². The quantitative estimate of drug-likeness (QED) is 0.260. The van der Waals surface area contributed by atoms with Crippen LogP contribution >= 0.6 is 0 Å². The molecule has 0 fully saturated rings. The van der Waals surface area contributed by atoms with Gasteiger partial charge < -0.3 is 15.2 Å². The van der Waals surface area contributed by atoms with Crippen molar-refractivity contribution in [2.24, 2.45) is 0 Å². The van der Waals surface area contributed by atoms with Gasteiger partial charge in [-0.15, -0.1) is 0 Å². The molecular weight excluding hydrogens is 530 g/mol. The van der Waals surface area contributed by atoms with Crippen LogP contribution in [0, 0.1) is 18.3 Å². The fraction of sp³-hybridized carbons (Fsp3) is 0.167. The summed E-state index contributed by atoms with van der Waals surface area (Å²) in [4.78, 5) is 24.8. The third-order valence-corrected chi connectivity index (χ3v) is 8.16. The van der Waals surface area contributed by atoms with Crippen LogP contribution in [0.15, 0.2) is 89.8 Å². The third kappa shape index (κ3) is 5.90. The van der Waals surface area contributed by atoms with Gasteiger partial charge in [0.05, 0.1) is 28.8 Å². The van der Waals surface area contributed by atoms with Crippen molar-refractivity contribution in [2.45, 2.75) is 24.8 Å². The lowest BCUT2D eigenvalue weighted by molar-refractivity contribution is -0.141. The van der Waals surface area contributed by atoms with Crippen molar-refractivity contribution >= 4 is 44.1 Å². The fourth-order valence-corrected chi connectivity index (χ4v) is 5.91. The summed E-state index contributed by atoms with van der Waals surface area (Å²) in [6.45, 7) is 2.87. The fourth-order valence-electron chi connectivity index (χ4n) is 4.29. The van der Waals surface area contributed by atoms with Crippen molar-refractivity contribution in [1.29, 1.82) is 5.26 Å². The zero-order valence-corrected chi connectivity index (χ0v) is 22.7. The van der Waals surface area contributed by atoms with Crippen molar-refractivity contribution in [2.75, 3.05) is 22.8 Å². The molecule has 0 bridgehead atoms. The Morgan fingerprint density at radius 1 is 1.02 bits per heavy atom. The van der Waals surface area contributed by atoms with Gasteiger partial charge >= 0.3 is 11.9 Å². The number of rotatable bonds is 10. The van der Waals surface area contributed by atoms with Crippen LogP contribution in [-0.4, -0.2) is 38.6 Å². The summed E-state index contributed by atoms with van der Waals surface area (Å²) in [5, 5.41) is 23.2. The van der Waals surface area contributed by atoms with E-state index in [2.05, 4.69) is 5.32 Å². The van der Waals surface area contributed by atoms with Crippen LogP contribution in [0.5, 0.6) is 0 Å². The van der Waals surface area contributed by atoms with E-state index < -0.39 is 34.5 Å². The number of nitrogens with zero attached hydrogens (tertiary/aromatic N) is 2. The number of ether oxygens (including phenoxy) is 1. The molecular formula is C30H27N3O6S. The number of fused-ring (bicyclic) bond motifs is 1. The maximum Gasteiger partial charge on any atom is 0.330 e. The highest BCUT2D eigenvalue weighted by molar-refractivity contribution is 7.93. The predicted molar refractivity (Wildman–Crippen MR) is 151 cm³/mol. The first-order valence-electron chi connectivity index (χ1n) is 12.4. The van der Waals surface area contributed by atoms with E-state index in [1.165, 1.54) is 24.3 Å². The Hall–Kier alpha value is -4.88. The number of benzene rings is 4. The summed E-state index contributed by atoms with van der Waals surface area (Å²) < 4.78 is 34.2. The molecule has 2 N–H and O–H groups in total. The van der Waals surface area contributed by atoms with Crippen molar-refractivity contribution in [3.05, 3.63) is 102 Å². The highest BCUT2D eigenvalue weighted by Gasteiger charge is 2.30. The molecule has 0 aliphatic rings. The lowest BCUT2D eigenvalue weighted by Crippen LogP contribution is -2.36. The number of carboxylic acids is 1. The number of hydrogen-bond donors (Lipinski definition) is 2. The van der Waals surface area contributed by atoms with Crippen LogP contribution in [-0.2, 0) is 24.3 Å². The van der Waals surface area contributed by atoms with Crippen molar-refractivity contribution < 1.29 is 27.9 Å². The van der Waals surface area contributed by atoms with E-state index in [1.807, 2.05) is 6.07 Å². The molecule has 4 rings (SSSR count). The SMILES string of the molecule is CCOC(=O)CN(c1ccc(C)c(NC(C(=O)O)c2ccc(C#N)cc2)c1)S(=O)(=O)c1cccc2ccccc12. The second-order valence-electron chi connectivity index (χ2n) is 8.94. The molecule has 9 nitrogen and oxygen atoms in total. The Morgan fingerprint density at radius 3 is 2.40 bits per heavy atom. The van der Waals surface area contributed by atoms with Gasteiger partial charge in [-0.3, -0.25) is 9.10 Å². The lowest BCUT2D eigenvalue weighted by atomic mass is 10.0. The third-order valence-electron chi connectivity index (χ3n) is 6.32. The van der Waals surface area contributed by atoms with Crippen molar-refractivity contribution in [3.8, 4) is 6.07 Å². The summed E-state index contributed by atoms with van der Waals surface area (Å²) in [5.41, 5.74) is 1.96. The zero-order valence-electron chi connectivity index (χ0n) is 21.9. The van der Waals surface area contributed by atoms with Crippen LogP contribution in [0.4, 0.5) is 11.4 Å². The second kappa shape index (κ2) is 11.9. The average Bonchev–Trinajstić information content (AvgIpc) is 2.95. The Labute approximate surface area is 232 Å². The number of nitriles is 1. The number of aliphatic carboxylic acids is 1. The molecule has 1 unspecified atom stereocenters. The zero-order chi connectivity index (χ0) is 28.9. The lowest BCUT2D eigenvalue weighted by Gasteiger charge is -2.26. The number of hydrogen-bond acceptors (Lipinski definition) is 7. The van der Waals surface area contributed by atoms with Gasteiger partial charge in [0.25, 0.3) is 10.0 Å². The molecule has 40 heavy (non-hydrogen) atoms. The molecule has 0 amide bonds. The first-order chi connectivity index (χ1) is 19.1. The van der Waals surface area contributed by atoms with Crippen molar-refractivity contribution in [3.63, 3.8) is 0 Å². The van der Waals surface area contributed by atoms with E-state index in [0.717, 1.165) is 9.69 Å². The Balaban J connectivity index is 1.80. The Bertz CT molecular complexity index is 1710. The number of carbonyl (C=O) groups excluding carboxylic acids is 1. The molecule has 0 radical (unpaired) electrons. The van der Waals surface area contributed by atoms with Gasteiger partial charge in [-0.25, -0.2) is 13.2 Å². The number of carbonyl (C=O) groups is 2. The number of aryl methyl sites for hydroxylation is 1. The normalized spacial score (nSPS) is 11.8. The molecule has 0 aromatic heterocycles. The minimum absolute atomic E-state index is 0.0194. The van der Waals surface area contributed by atoms with E-state index in [1.54, 1.807) is 74.5 Å². The van der Waals surface area contributed by atoms with Crippen LogP contribution in [0.2, 0.25) is 0 Å². The Morgan fingerprint density at radius 2 is 1.73 bits per heavy atom. The number of esters is 1. The number of anilines is 2. The molecule has 0 heterocycles. The molecule has 0 aliphatic carbocycles. The number of nitrogens with one attached hydrogen (secondary N) is 1.